The van der Waals surface area contributed by atoms with Crippen LogP contribution in [0.3, 0.4) is 0 Å². The molecular weight excluding hydrogens is 587 g/mol. The van der Waals surface area contributed by atoms with E-state index >= 15 is 0 Å². The van der Waals surface area contributed by atoms with Crippen LogP contribution >= 0.6 is 23.2 Å². The second-order valence-electron chi connectivity index (χ2n) is 10.9. The van der Waals surface area contributed by atoms with Gasteiger partial charge in [-0.15, -0.1) is 0 Å². The van der Waals surface area contributed by atoms with E-state index in [9.17, 15) is 19.2 Å². The average Bonchev–Trinajstić information content (AvgIpc) is 3.29. The van der Waals surface area contributed by atoms with E-state index < -0.39 is 41.9 Å². The summed E-state index contributed by atoms with van der Waals surface area (Å²) in [6.45, 7) is -0.559. The molecule has 4 aromatic carbocycles. The number of hydrazine groups is 1. The molecule has 0 unspecified atom stereocenters. The molecule has 3 amide bonds. The Bertz CT molecular complexity index is 1720. The first-order valence-electron chi connectivity index (χ1n) is 13.8. The highest BCUT2D eigenvalue weighted by Crippen LogP contribution is 2.61. The molecule has 7 nitrogen and oxygen atoms in total. The van der Waals surface area contributed by atoms with Crippen molar-refractivity contribution in [3.05, 3.63) is 134 Å². The summed E-state index contributed by atoms with van der Waals surface area (Å²) in [5, 5.41) is 2.19. The number of imide groups is 1. The molecule has 214 valence electrons. The minimum Gasteiger partial charge on any atom is -0.497 e. The van der Waals surface area contributed by atoms with Crippen LogP contribution in [-0.4, -0.2) is 47.2 Å². The van der Waals surface area contributed by atoms with Gasteiger partial charge in [-0.2, -0.15) is 5.01 Å². The Morgan fingerprint density at radius 3 is 1.74 bits per heavy atom. The van der Waals surface area contributed by atoms with Crippen LogP contribution in [0.4, 0.5) is 0 Å². The number of hydrogen-bond acceptors (Lipinski definition) is 5. The van der Waals surface area contributed by atoms with E-state index in [2.05, 4.69) is 0 Å². The van der Waals surface area contributed by atoms with Crippen LogP contribution in [0.15, 0.2) is 91.0 Å². The van der Waals surface area contributed by atoms with Gasteiger partial charge in [0.15, 0.2) is 5.78 Å². The van der Waals surface area contributed by atoms with E-state index in [0.717, 1.165) is 32.3 Å². The minimum absolute atomic E-state index is 0.0126. The maximum atomic E-state index is 14.4. The highest BCUT2D eigenvalue weighted by Gasteiger charge is 2.63. The molecule has 4 aliphatic rings. The van der Waals surface area contributed by atoms with Crippen LogP contribution in [-0.2, 0) is 9.59 Å². The summed E-state index contributed by atoms with van der Waals surface area (Å²) in [6.07, 6.45) is 0. The van der Waals surface area contributed by atoms with Gasteiger partial charge in [0.05, 0.1) is 29.5 Å². The third-order valence-electron chi connectivity index (χ3n) is 8.77. The largest absolute Gasteiger partial charge is 0.497 e. The molecule has 9 heteroatoms. The second kappa shape index (κ2) is 10.4. The van der Waals surface area contributed by atoms with Crippen molar-refractivity contribution in [1.29, 1.82) is 0 Å². The van der Waals surface area contributed by atoms with E-state index in [1.54, 1.807) is 24.3 Å². The smallest absolute Gasteiger partial charge is 0.274 e. The Morgan fingerprint density at radius 2 is 1.28 bits per heavy atom. The lowest BCUT2D eigenvalue weighted by atomic mass is 9.55. The van der Waals surface area contributed by atoms with E-state index in [1.807, 2.05) is 48.5 Å². The Hall–Kier alpha value is -4.46. The van der Waals surface area contributed by atoms with Gasteiger partial charge in [-0.05, 0) is 64.7 Å². The summed E-state index contributed by atoms with van der Waals surface area (Å²) in [5.74, 6) is -3.89. The molecule has 43 heavy (non-hydrogen) atoms. The lowest BCUT2D eigenvalue weighted by molar-refractivity contribution is -0.154. The summed E-state index contributed by atoms with van der Waals surface area (Å²) in [6, 6.07) is 26.5. The molecule has 3 aliphatic carbocycles. The van der Waals surface area contributed by atoms with Gasteiger partial charge in [-0.25, -0.2) is 5.01 Å². The van der Waals surface area contributed by atoms with Gasteiger partial charge in [0.2, 0.25) is 0 Å². The Kier molecular flexibility index (Phi) is 6.60. The van der Waals surface area contributed by atoms with Crippen molar-refractivity contribution >= 4 is 46.7 Å². The highest BCUT2D eigenvalue weighted by molar-refractivity contribution is 6.36. The van der Waals surface area contributed by atoms with Gasteiger partial charge < -0.3 is 4.74 Å². The first-order valence-corrected chi connectivity index (χ1v) is 14.5. The number of carbonyl (C=O) groups excluding carboxylic acids is 4. The zero-order valence-electron chi connectivity index (χ0n) is 22.9. The number of ketones is 1. The van der Waals surface area contributed by atoms with Gasteiger partial charge in [0, 0.05) is 22.4 Å². The quantitative estimate of drug-likeness (QED) is 0.194. The number of methoxy groups -OCH3 is 1. The molecule has 0 aromatic heterocycles. The highest BCUT2D eigenvalue weighted by atomic mass is 35.5. The van der Waals surface area contributed by atoms with Crippen molar-refractivity contribution in [2.75, 3.05) is 13.7 Å². The number of hydrogen-bond donors (Lipinski definition) is 0. The average molecular weight is 611 g/mol. The number of ether oxygens (including phenoxy) is 1. The predicted molar refractivity (Wildman–Crippen MR) is 160 cm³/mol. The van der Waals surface area contributed by atoms with E-state index in [0.29, 0.717) is 10.8 Å². The third-order valence-corrected chi connectivity index (χ3v) is 9.32. The molecule has 4 aromatic rings. The van der Waals surface area contributed by atoms with Crippen molar-refractivity contribution in [2.24, 2.45) is 11.8 Å². The molecule has 8 rings (SSSR count). The molecule has 0 N–H and O–H groups in total. The van der Waals surface area contributed by atoms with E-state index in [-0.39, 0.29) is 28.0 Å². The van der Waals surface area contributed by atoms with Crippen LogP contribution in [0.2, 0.25) is 10.0 Å². The van der Waals surface area contributed by atoms with Crippen molar-refractivity contribution < 1.29 is 23.9 Å². The van der Waals surface area contributed by atoms with E-state index in [4.69, 9.17) is 27.9 Å². The van der Waals surface area contributed by atoms with Crippen LogP contribution in [0.1, 0.15) is 54.8 Å². The van der Waals surface area contributed by atoms with Crippen molar-refractivity contribution in [1.82, 2.24) is 10.0 Å². The molecule has 2 bridgehead atoms. The number of benzene rings is 4. The summed E-state index contributed by atoms with van der Waals surface area (Å²) in [5.41, 5.74) is 4.31. The molecule has 1 heterocycles. The summed E-state index contributed by atoms with van der Waals surface area (Å²) in [4.78, 5) is 56.5. The number of nitrogens with zero attached hydrogens (tertiary/aromatic N) is 2. The van der Waals surface area contributed by atoms with Crippen molar-refractivity contribution in [3.8, 4) is 5.75 Å². The molecule has 1 aliphatic heterocycles. The lowest BCUT2D eigenvalue weighted by Crippen LogP contribution is -2.52. The SMILES string of the molecule is COc1ccc(C(=O)CN(C(=O)c2ccc(Cl)cc2Cl)N2C(=O)[C@@H]3C4c5ccccc5C(c5ccccc54)[C@H]3C2=O)cc1. The molecule has 1 saturated heterocycles. The number of carbonyl (C=O) groups is 4. The normalized spacial score (nSPS) is 21.2. The fourth-order valence-electron chi connectivity index (χ4n) is 6.94. The van der Waals surface area contributed by atoms with Gasteiger partial charge in [0.25, 0.3) is 17.7 Å². The molecular formula is C34H24Cl2N2O5. The molecule has 1 fully saturated rings. The van der Waals surface area contributed by atoms with Crippen LogP contribution < -0.4 is 4.74 Å². The molecule has 0 radical (unpaired) electrons. The second-order valence-corrected chi connectivity index (χ2v) is 11.7. The fourth-order valence-corrected chi connectivity index (χ4v) is 7.43. The fraction of sp³-hybridized carbons (Fsp3) is 0.176. The van der Waals surface area contributed by atoms with Crippen LogP contribution in [0, 0.1) is 11.8 Å². The predicted octanol–water partition coefficient (Wildman–Crippen LogP) is 6.13. The maximum Gasteiger partial charge on any atom is 0.274 e. The summed E-state index contributed by atoms with van der Waals surface area (Å²) in [7, 11) is 1.51. The standard InChI is InChI=1S/C34H24Cl2N2O5/c1-43-20-13-10-18(11-14-20)27(39)17-37(32(40)25-15-12-19(35)16-26(25)36)38-33(41)30-28-21-6-2-3-7-22(21)29(31(30)34(38)42)24-9-5-4-8-23(24)28/h2-16,28-31H,17H2,1H3/t28?,29?,30-,31-/m1/s1. The van der Waals surface area contributed by atoms with Crippen molar-refractivity contribution in [2.45, 2.75) is 11.8 Å². The molecule has 0 spiro atoms. The lowest BCUT2D eigenvalue weighted by Gasteiger charge is -2.45. The number of rotatable bonds is 6. The minimum atomic E-state index is -0.758. The van der Waals surface area contributed by atoms with Gasteiger partial charge in [-0.1, -0.05) is 71.7 Å². The maximum absolute atomic E-state index is 14.4. The van der Waals surface area contributed by atoms with Crippen LogP contribution in [0.25, 0.3) is 0 Å². The first-order chi connectivity index (χ1) is 20.8. The Balaban J connectivity index is 1.33. The summed E-state index contributed by atoms with van der Waals surface area (Å²) < 4.78 is 5.19. The van der Waals surface area contributed by atoms with Crippen molar-refractivity contribution in [3.63, 3.8) is 0 Å². The summed E-state index contributed by atoms with van der Waals surface area (Å²) >= 11 is 12.5. The van der Waals surface area contributed by atoms with Gasteiger partial charge in [-0.3, -0.25) is 19.2 Å². The van der Waals surface area contributed by atoms with Gasteiger partial charge >= 0.3 is 0 Å². The Labute approximate surface area is 257 Å². The first kappa shape index (κ1) is 27.4. The number of halogens is 2. The molecule has 2 atom stereocenters. The number of amides is 3. The topological polar surface area (TPSA) is 84.0 Å². The number of Topliss-reactive ketones (excluding diaryl/α,β-unsaturated/α-hetero) is 1. The Morgan fingerprint density at radius 1 is 0.767 bits per heavy atom. The monoisotopic (exact) mass is 610 g/mol. The van der Waals surface area contributed by atoms with Crippen LogP contribution in [0.5, 0.6) is 5.75 Å². The zero-order valence-corrected chi connectivity index (χ0v) is 24.4. The van der Waals surface area contributed by atoms with E-state index in [1.165, 1.54) is 25.3 Å². The molecule has 0 saturated carbocycles. The van der Waals surface area contributed by atoms with Gasteiger partial charge in [0.1, 0.15) is 12.3 Å². The zero-order chi connectivity index (χ0) is 30.0. The third kappa shape index (κ3) is 4.18.